The summed E-state index contributed by atoms with van der Waals surface area (Å²) in [5.41, 5.74) is 0.790. The fourth-order valence-electron chi connectivity index (χ4n) is 2.01. The smallest absolute Gasteiger partial charge is 0.177 e. The van der Waals surface area contributed by atoms with Crippen LogP contribution in [0.25, 0.3) is 0 Å². The van der Waals surface area contributed by atoms with Gasteiger partial charge in [-0.3, -0.25) is 9.69 Å². The Hall–Kier alpha value is -0.320. The third-order valence-electron chi connectivity index (χ3n) is 2.87. The summed E-state index contributed by atoms with van der Waals surface area (Å²) in [5.74, 6) is 1.33. The normalized spacial score (nSPS) is 21.4. The van der Waals surface area contributed by atoms with Gasteiger partial charge in [0.15, 0.2) is 5.78 Å². The van der Waals surface area contributed by atoms with Crippen LogP contribution in [0.2, 0.25) is 0 Å². The lowest BCUT2D eigenvalue weighted by Crippen LogP contribution is -2.39. The molecule has 0 saturated carbocycles. The first kappa shape index (κ1) is 13.1. The highest BCUT2D eigenvalue weighted by Crippen LogP contribution is 2.20. The van der Waals surface area contributed by atoms with Gasteiger partial charge in [0, 0.05) is 34.1 Å². The number of Topliss-reactive ketones (excluding diaryl/α,β-unsaturated/α-hetero) is 1. The van der Waals surface area contributed by atoms with E-state index < -0.39 is 0 Å². The van der Waals surface area contributed by atoms with Crippen LogP contribution >= 0.6 is 27.7 Å². The third kappa shape index (κ3) is 3.57. The maximum Gasteiger partial charge on any atom is 0.177 e. The summed E-state index contributed by atoms with van der Waals surface area (Å²) in [7, 11) is 0. The highest BCUT2D eigenvalue weighted by molar-refractivity contribution is 9.10. The van der Waals surface area contributed by atoms with E-state index in [9.17, 15) is 4.79 Å². The van der Waals surface area contributed by atoms with Gasteiger partial charge in [-0.15, -0.1) is 0 Å². The molecule has 0 aromatic heterocycles. The van der Waals surface area contributed by atoms with Crippen molar-refractivity contribution in [2.24, 2.45) is 0 Å². The van der Waals surface area contributed by atoms with E-state index in [1.165, 1.54) is 0 Å². The molecular weight excluding hydrogens is 298 g/mol. The van der Waals surface area contributed by atoms with Crippen LogP contribution in [-0.2, 0) is 0 Å². The molecule has 0 bridgehead atoms. The van der Waals surface area contributed by atoms with Crippen molar-refractivity contribution in [2.75, 3.05) is 25.4 Å². The van der Waals surface area contributed by atoms with E-state index in [1.807, 2.05) is 36.0 Å². The summed E-state index contributed by atoms with van der Waals surface area (Å²) in [6.07, 6.45) is 0. The highest BCUT2D eigenvalue weighted by atomic mass is 79.9. The zero-order valence-corrected chi connectivity index (χ0v) is 12.3. The standard InChI is InChI=1S/C13H16BrNOS/c1-10-8-15(6-7-17-10)9-13(16)11-4-2-3-5-12(11)14/h2-5,10H,6-9H2,1H3. The molecule has 1 unspecified atom stereocenters. The predicted octanol–water partition coefficient (Wildman–Crippen LogP) is 3.07. The summed E-state index contributed by atoms with van der Waals surface area (Å²) < 4.78 is 0.893. The molecule has 1 fully saturated rings. The van der Waals surface area contributed by atoms with Crippen molar-refractivity contribution < 1.29 is 4.79 Å². The fourth-order valence-corrected chi connectivity index (χ4v) is 3.60. The van der Waals surface area contributed by atoms with E-state index in [-0.39, 0.29) is 5.78 Å². The number of thioether (sulfide) groups is 1. The number of benzene rings is 1. The molecule has 0 spiro atoms. The van der Waals surface area contributed by atoms with E-state index in [0.717, 1.165) is 28.9 Å². The van der Waals surface area contributed by atoms with Crippen molar-refractivity contribution >= 4 is 33.5 Å². The summed E-state index contributed by atoms with van der Waals surface area (Å²) >= 11 is 5.42. The van der Waals surface area contributed by atoms with Crippen LogP contribution in [0, 0.1) is 0 Å². The Morgan fingerprint density at radius 1 is 1.53 bits per heavy atom. The number of carbonyl (C=O) groups is 1. The first-order valence-corrected chi connectivity index (χ1v) is 7.62. The number of ketones is 1. The summed E-state index contributed by atoms with van der Waals surface area (Å²) in [5, 5.41) is 0.635. The molecule has 0 radical (unpaired) electrons. The Labute approximate surface area is 115 Å². The molecule has 0 N–H and O–H groups in total. The lowest BCUT2D eigenvalue weighted by molar-refractivity contribution is 0.0933. The lowest BCUT2D eigenvalue weighted by Gasteiger charge is -2.29. The van der Waals surface area contributed by atoms with Gasteiger partial charge in [-0.05, 0) is 6.07 Å². The lowest BCUT2D eigenvalue weighted by atomic mass is 10.1. The van der Waals surface area contributed by atoms with Crippen molar-refractivity contribution in [3.63, 3.8) is 0 Å². The van der Waals surface area contributed by atoms with E-state index in [2.05, 4.69) is 27.8 Å². The molecular formula is C13H16BrNOS. The molecule has 0 amide bonds. The third-order valence-corrected chi connectivity index (χ3v) is 4.69. The highest BCUT2D eigenvalue weighted by Gasteiger charge is 2.20. The Morgan fingerprint density at radius 2 is 2.29 bits per heavy atom. The Balaban J connectivity index is 1.99. The van der Waals surface area contributed by atoms with Gasteiger partial charge < -0.3 is 0 Å². The number of hydrogen-bond acceptors (Lipinski definition) is 3. The predicted molar refractivity (Wildman–Crippen MR) is 76.8 cm³/mol. The maximum atomic E-state index is 12.2. The molecule has 1 saturated heterocycles. The van der Waals surface area contributed by atoms with Gasteiger partial charge in [0.25, 0.3) is 0 Å². The molecule has 1 aliphatic heterocycles. The Kier molecular flexibility index (Phi) is 4.65. The van der Waals surface area contributed by atoms with E-state index in [0.29, 0.717) is 11.8 Å². The van der Waals surface area contributed by atoms with E-state index >= 15 is 0 Å². The average molecular weight is 314 g/mol. The second-order valence-electron chi connectivity index (χ2n) is 4.32. The van der Waals surface area contributed by atoms with Crippen molar-refractivity contribution in [3.8, 4) is 0 Å². The van der Waals surface area contributed by atoms with Crippen LogP contribution in [0.5, 0.6) is 0 Å². The van der Waals surface area contributed by atoms with Crippen LogP contribution in [0.3, 0.4) is 0 Å². The van der Waals surface area contributed by atoms with Gasteiger partial charge in [0.05, 0.1) is 6.54 Å². The molecule has 1 aromatic rings. The minimum Gasteiger partial charge on any atom is -0.294 e. The molecule has 1 atom stereocenters. The minimum absolute atomic E-state index is 0.205. The maximum absolute atomic E-state index is 12.2. The molecule has 17 heavy (non-hydrogen) atoms. The second kappa shape index (κ2) is 6.03. The number of carbonyl (C=O) groups excluding carboxylic acids is 1. The van der Waals surface area contributed by atoms with Gasteiger partial charge in [0.2, 0.25) is 0 Å². The van der Waals surface area contributed by atoms with Gasteiger partial charge in [-0.1, -0.05) is 41.1 Å². The van der Waals surface area contributed by atoms with Crippen molar-refractivity contribution in [3.05, 3.63) is 34.3 Å². The topological polar surface area (TPSA) is 20.3 Å². The number of hydrogen-bond donors (Lipinski definition) is 0. The van der Waals surface area contributed by atoms with Crippen LogP contribution in [0.15, 0.2) is 28.7 Å². The van der Waals surface area contributed by atoms with Crippen LogP contribution in [-0.4, -0.2) is 41.3 Å². The summed E-state index contributed by atoms with van der Waals surface area (Å²) in [6, 6.07) is 7.64. The fraction of sp³-hybridized carbons (Fsp3) is 0.462. The monoisotopic (exact) mass is 313 g/mol. The van der Waals surface area contributed by atoms with Gasteiger partial charge in [-0.2, -0.15) is 11.8 Å². The van der Waals surface area contributed by atoms with Gasteiger partial charge in [-0.25, -0.2) is 0 Å². The van der Waals surface area contributed by atoms with Gasteiger partial charge in [0.1, 0.15) is 0 Å². The molecule has 92 valence electrons. The van der Waals surface area contributed by atoms with E-state index in [4.69, 9.17) is 0 Å². The Morgan fingerprint density at radius 3 is 3.00 bits per heavy atom. The van der Waals surface area contributed by atoms with E-state index in [1.54, 1.807) is 0 Å². The van der Waals surface area contributed by atoms with Crippen LogP contribution in [0.1, 0.15) is 17.3 Å². The van der Waals surface area contributed by atoms with Gasteiger partial charge >= 0.3 is 0 Å². The zero-order valence-electron chi connectivity index (χ0n) is 9.86. The first-order valence-electron chi connectivity index (χ1n) is 5.78. The summed E-state index contributed by atoms with van der Waals surface area (Å²) in [4.78, 5) is 14.4. The molecule has 1 heterocycles. The summed E-state index contributed by atoms with van der Waals surface area (Å²) in [6.45, 7) is 4.79. The molecule has 2 rings (SSSR count). The number of halogens is 1. The largest absolute Gasteiger partial charge is 0.294 e. The average Bonchev–Trinajstić information content (AvgIpc) is 2.29. The molecule has 1 aliphatic rings. The minimum atomic E-state index is 0.205. The molecule has 1 aromatic carbocycles. The van der Waals surface area contributed by atoms with Crippen LogP contribution < -0.4 is 0 Å². The van der Waals surface area contributed by atoms with Crippen molar-refractivity contribution in [1.82, 2.24) is 4.90 Å². The number of rotatable bonds is 3. The van der Waals surface area contributed by atoms with Crippen molar-refractivity contribution in [2.45, 2.75) is 12.2 Å². The second-order valence-corrected chi connectivity index (χ2v) is 6.72. The quantitative estimate of drug-likeness (QED) is 0.800. The van der Waals surface area contributed by atoms with Crippen LogP contribution in [0.4, 0.5) is 0 Å². The molecule has 0 aliphatic carbocycles. The zero-order chi connectivity index (χ0) is 12.3. The molecule has 2 nitrogen and oxygen atoms in total. The SMILES string of the molecule is CC1CN(CC(=O)c2ccccc2Br)CCS1. The van der Waals surface area contributed by atoms with Crippen molar-refractivity contribution in [1.29, 1.82) is 0 Å². The molecule has 4 heteroatoms. The number of nitrogens with zero attached hydrogens (tertiary/aromatic N) is 1. The first-order chi connectivity index (χ1) is 8.16. The Bertz CT molecular complexity index is 410.